The lowest BCUT2D eigenvalue weighted by Crippen LogP contribution is -2.26. The highest BCUT2D eigenvalue weighted by atomic mass is 16.2. The predicted molar refractivity (Wildman–Crippen MR) is 130 cm³/mol. The number of benzene rings is 2. The summed E-state index contributed by atoms with van der Waals surface area (Å²) in [6.45, 7) is 2.48. The number of anilines is 1. The summed E-state index contributed by atoms with van der Waals surface area (Å²) in [5.41, 5.74) is 11.6. The Morgan fingerprint density at radius 1 is 1.09 bits per heavy atom. The maximum absolute atomic E-state index is 12.9. The van der Waals surface area contributed by atoms with E-state index >= 15 is 0 Å². The molecule has 0 spiro atoms. The Bertz CT molecular complexity index is 1300. The van der Waals surface area contributed by atoms with Crippen LogP contribution in [0.4, 0.5) is 5.82 Å². The smallest absolute Gasteiger partial charge is 0.254 e. The minimum Gasteiger partial charge on any atom is -0.383 e. The van der Waals surface area contributed by atoms with Crippen LogP contribution in [0.2, 0.25) is 0 Å². The Balaban J connectivity index is 1.42. The lowest BCUT2D eigenvalue weighted by molar-refractivity contribution is 0.0784. The fourth-order valence-electron chi connectivity index (χ4n) is 4.73. The number of carbonyl (C=O) groups excluding carboxylic acids is 1. The lowest BCUT2D eigenvalue weighted by atomic mass is 10.1. The fourth-order valence-corrected chi connectivity index (χ4v) is 4.73. The molecule has 0 atom stereocenters. The van der Waals surface area contributed by atoms with E-state index in [0.29, 0.717) is 18.4 Å². The maximum atomic E-state index is 12.9. The van der Waals surface area contributed by atoms with Gasteiger partial charge < -0.3 is 10.6 Å². The first-order valence-electron chi connectivity index (χ1n) is 11.4. The van der Waals surface area contributed by atoms with Crippen molar-refractivity contribution in [3.8, 4) is 11.3 Å². The number of amides is 1. The van der Waals surface area contributed by atoms with E-state index < -0.39 is 0 Å². The van der Waals surface area contributed by atoms with E-state index in [4.69, 9.17) is 10.8 Å². The molecule has 0 radical (unpaired) electrons. The molecule has 5 rings (SSSR count). The van der Waals surface area contributed by atoms with Crippen molar-refractivity contribution in [1.82, 2.24) is 24.6 Å². The number of fused-ring (bicyclic) bond motifs is 1. The third-order valence-corrected chi connectivity index (χ3v) is 6.56. The summed E-state index contributed by atoms with van der Waals surface area (Å²) < 4.78 is 2.04. The minimum atomic E-state index is 0.0170. The largest absolute Gasteiger partial charge is 0.383 e. The van der Waals surface area contributed by atoms with Gasteiger partial charge in [0.15, 0.2) is 5.65 Å². The molecule has 2 heterocycles. The number of aromatic nitrogens is 4. The van der Waals surface area contributed by atoms with Crippen LogP contribution in [-0.4, -0.2) is 37.6 Å². The number of rotatable bonds is 5. The van der Waals surface area contributed by atoms with Gasteiger partial charge in [0, 0.05) is 24.7 Å². The van der Waals surface area contributed by atoms with Gasteiger partial charge in [-0.1, -0.05) is 55.3 Å². The van der Waals surface area contributed by atoms with Gasteiger partial charge in [-0.25, -0.2) is 14.6 Å². The molecule has 7 heteroatoms. The van der Waals surface area contributed by atoms with E-state index in [0.717, 1.165) is 51.8 Å². The topological polar surface area (TPSA) is 89.9 Å². The quantitative estimate of drug-likeness (QED) is 0.483. The van der Waals surface area contributed by atoms with Crippen LogP contribution >= 0.6 is 0 Å². The van der Waals surface area contributed by atoms with Crippen LogP contribution < -0.4 is 5.73 Å². The lowest BCUT2D eigenvalue weighted by Gasteiger charge is -2.18. The Labute approximate surface area is 193 Å². The number of hydrogen-bond donors (Lipinski definition) is 1. The molecule has 168 valence electrons. The SMILES string of the molecule is Cc1ccccc1C(=O)N(C)Cc1ccc(-c2nn(C3CCCC3)c3ncnc(N)c23)cc1. The van der Waals surface area contributed by atoms with Crippen molar-refractivity contribution in [2.24, 2.45) is 0 Å². The molecule has 1 fully saturated rings. The summed E-state index contributed by atoms with van der Waals surface area (Å²) in [6.07, 6.45) is 6.16. The van der Waals surface area contributed by atoms with Crippen molar-refractivity contribution >= 4 is 22.8 Å². The van der Waals surface area contributed by atoms with Crippen LogP contribution in [-0.2, 0) is 6.54 Å². The molecule has 0 saturated heterocycles. The van der Waals surface area contributed by atoms with Crippen molar-refractivity contribution < 1.29 is 4.79 Å². The van der Waals surface area contributed by atoms with Gasteiger partial charge in [0.05, 0.1) is 11.4 Å². The van der Waals surface area contributed by atoms with Gasteiger partial charge in [-0.2, -0.15) is 5.10 Å². The number of carbonyl (C=O) groups is 1. The molecule has 2 aromatic carbocycles. The normalized spacial score (nSPS) is 14.1. The van der Waals surface area contributed by atoms with Crippen molar-refractivity contribution in [3.63, 3.8) is 0 Å². The summed E-state index contributed by atoms with van der Waals surface area (Å²) in [5, 5.41) is 5.75. The summed E-state index contributed by atoms with van der Waals surface area (Å²) in [6, 6.07) is 16.2. The molecule has 4 aromatic rings. The fraction of sp³-hybridized carbons (Fsp3) is 0.308. The van der Waals surface area contributed by atoms with Crippen LogP contribution in [0.3, 0.4) is 0 Å². The summed E-state index contributed by atoms with van der Waals surface area (Å²) in [7, 11) is 1.83. The number of aryl methyl sites for hydroxylation is 1. The third-order valence-electron chi connectivity index (χ3n) is 6.56. The molecule has 1 aliphatic carbocycles. The van der Waals surface area contributed by atoms with Crippen LogP contribution in [0.15, 0.2) is 54.9 Å². The average molecular weight is 441 g/mol. The number of hydrogen-bond acceptors (Lipinski definition) is 5. The van der Waals surface area contributed by atoms with Gasteiger partial charge in [0.25, 0.3) is 5.91 Å². The highest BCUT2D eigenvalue weighted by molar-refractivity contribution is 5.98. The molecule has 1 saturated carbocycles. The molecule has 0 unspecified atom stereocenters. The zero-order chi connectivity index (χ0) is 22.9. The molecule has 7 nitrogen and oxygen atoms in total. The van der Waals surface area contributed by atoms with E-state index in [1.54, 1.807) is 4.90 Å². The Morgan fingerprint density at radius 3 is 2.55 bits per heavy atom. The van der Waals surface area contributed by atoms with Crippen LogP contribution in [0.1, 0.15) is 53.2 Å². The third kappa shape index (κ3) is 3.95. The molecule has 1 amide bonds. The first-order chi connectivity index (χ1) is 16.0. The number of nitrogen functional groups attached to an aromatic ring is 1. The van der Waals surface area contributed by atoms with Crippen LogP contribution in [0, 0.1) is 6.92 Å². The second-order valence-electron chi connectivity index (χ2n) is 8.86. The highest BCUT2D eigenvalue weighted by Gasteiger charge is 2.24. The van der Waals surface area contributed by atoms with Gasteiger partial charge in [-0.05, 0) is 37.0 Å². The van der Waals surface area contributed by atoms with Crippen molar-refractivity contribution in [2.75, 3.05) is 12.8 Å². The average Bonchev–Trinajstić information content (AvgIpc) is 3.48. The standard InChI is InChI=1S/C26H28N6O/c1-17-7-3-6-10-21(17)26(33)31(2)15-18-11-13-19(14-12-18)23-22-24(27)28-16-29-25(22)32(30-23)20-8-4-5-9-20/h3,6-7,10-14,16,20H,4-5,8-9,15H2,1-2H3,(H2,27,28,29). The van der Waals surface area contributed by atoms with E-state index in [-0.39, 0.29) is 5.91 Å². The monoisotopic (exact) mass is 440 g/mol. The van der Waals surface area contributed by atoms with Gasteiger partial charge in [-0.3, -0.25) is 4.79 Å². The van der Waals surface area contributed by atoms with Gasteiger partial charge in [-0.15, -0.1) is 0 Å². The molecule has 2 aromatic heterocycles. The Morgan fingerprint density at radius 2 is 1.82 bits per heavy atom. The van der Waals surface area contributed by atoms with E-state index in [1.165, 1.54) is 19.2 Å². The molecule has 1 aliphatic rings. The maximum Gasteiger partial charge on any atom is 0.254 e. The molecule has 0 aliphatic heterocycles. The molecule has 33 heavy (non-hydrogen) atoms. The molecular weight excluding hydrogens is 412 g/mol. The van der Waals surface area contributed by atoms with Gasteiger partial charge >= 0.3 is 0 Å². The Hall–Kier alpha value is -3.74. The Kier molecular flexibility index (Phi) is 5.54. The first-order valence-corrected chi connectivity index (χ1v) is 11.4. The number of nitrogens with two attached hydrogens (primary N) is 1. The second-order valence-corrected chi connectivity index (χ2v) is 8.86. The summed E-state index contributed by atoms with van der Waals surface area (Å²) >= 11 is 0. The zero-order valence-corrected chi connectivity index (χ0v) is 19.0. The van der Waals surface area contributed by atoms with E-state index in [9.17, 15) is 4.79 Å². The molecule has 0 bridgehead atoms. The second kappa shape index (κ2) is 8.65. The van der Waals surface area contributed by atoms with Gasteiger partial charge in [0.1, 0.15) is 17.8 Å². The minimum absolute atomic E-state index is 0.0170. The predicted octanol–water partition coefficient (Wildman–Crippen LogP) is 4.77. The molecular formula is C26H28N6O. The van der Waals surface area contributed by atoms with Gasteiger partial charge in [0.2, 0.25) is 0 Å². The highest BCUT2D eigenvalue weighted by Crippen LogP contribution is 2.36. The summed E-state index contributed by atoms with van der Waals surface area (Å²) in [5.74, 6) is 0.468. The van der Waals surface area contributed by atoms with Crippen LogP contribution in [0.5, 0.6) is 0 Å². The first kappa shape index (κ1) is 21.1. The van der Waals surface area contributed by atoms with Crippen LogP contribution in [0.25, 0.3) is 22.3 Å². The van der Waals surface area contributed by atoms with Crippen molar-refractivity contribution in [2.45, 2.75) is 45.2 Å². The van der Waals surface area contributed by atoms with Crippen molar-refractivity contribution in [3.05, 3.63) is 71.5 Å². The van der Waals surface area contributed by atoms with Crippen molar-refractivity contribution in [1.29, 1.82) is 0 Å². The summed E-state index contributed by atoms with van der Waals surface area (Å²) in [4.78, 5) is 23.3. The number of nitrogens with zero attached hydrogens (tertiary/aromatic N) is 5. The van der Waals surface area contributed by atoms with E-state index in [2.05, 4.69) is 9.97 Å². The zero-order valence-electron chi connectivity index (χ0n) is 19.0. The molecule has 2 N–H and O–H groups in total. The van der Waals surface area contributed by atoms with E-state index in [1.807, 2.05) is 67.2 Å².